The van der Waals surface area contributed by atoms with Crippen molar-refractivity contribution in [1.82, 2.24) is 20.5 Å². The van der Waals surface area contributed by atoms with Crippen LogP contribution in [-0.4, -0.2) is 53.7 Å². The molecule has 2 aliphatic rings. The van der Waals surface area contributed by atoms with Crippen molar-refractivity contribution in [2.45, 2.75) is 19.1 Å². The third-order valence-electron chi connectivity index (χ3n) is 5.77. The molecule has 30 heavy (non-hydrogen) atoms. The second-order valence-corrected chi connectivity index (χ2v) is 7.97. The summed E-state index contributed by atoms with van der Waals surface area (Å²) in [5.41, 5.74) is 3.91. The lowest BCUT2D eigenvalue weighted by atomic mass is 9.87. The van der Waals surface area contributed by atoms with Crippen molar-refractivity contribution in [3.63, 3.8) is 0 Å². The first-order chi connectivity index (χ1) is 14.4. The molecule has 9 heteroatoms. The number of aliphatic hydroxyl groups excluding tert-OH is 1. The number of fused-ring (bicyclic) bond motifs is 3. The molecule has 0 bridgehead atoms. The summed E-state index contributed by atoms with van der Waals surface area (Å²) >= 11 is 5.55. The summed E-state index contributed by atoms with van der Waals surface area (Å²) in [7, 11) is 3.93. The number of carbonyl (C=O) groups is 2. The summed E-state index contributed by atoms with van der Waals surface area (Å²) in [4.78, 5) is 24.1. The van der Waals surface area contributed by atoms with Crippen LogP contribution in [0.4, 0.5) is 0 Å². The van der Waals surface area contributed by atoms with E-state index >= 15 is 0 Å². The third-order valence-corrected chi connectivity index (χ3v) is 6.00. The number of carbonyl (C=O) groups excluding carboxylic acids is 2. The van der Waals surface area contributed by atoms with Gasteiger partial charge in [-0.25, -0.2) is 0 Å². The zero-order chi connectivity index (χ0) is 21.4. The van der Waals surface area contributed by atoms with E-state index in [0.29, 0.717) is 35.6 Å². The Bertz CT molecular complexity index is 1050. The lowest BCUT2D eigenvalue weighted by molar-refractivity contribution is -0.133. The van der Waals surface area contributed by atoms with Crippen LogP contribution >= 0.6 is 11.6 Å². The Morgan fingerprint density at radius 2 is 2.17 bits per heavy atom. The summed E-state index contributed by atoms with van der Waals surface area (Å²) < 4.78 is 8.06. The number of ether oxygens (including phenoxy) is 1. The number of aromatic nitrogens is 1. The molecule has 0 saturated heterocycles. The van der Waals surface area contributed by atoms with Gasteiger partial charge in [0.2, 0.25) is 11.1 Å². The number of nitrogens with zero attached hydrogens (tertiary/aromatic N) is 1. The van der Waals surface area contributed by atoms with Crippen molar-refractivity contribution < 1.29 is 19.4 Å². The second-order valence-electron chi connectivity index (χ2n) is 7.60. The molecule has 0 saturated carbocycles. The van der Waals surface area contributed by atoms with Gasteiger partial charge in [-0.1, -0.05) is 0 Å². The minimum atomic E-state index is -1.30. The molecule has 1 amide bonds. The van der Waals surface area contributed by atoms with E-state index in [4.69, 9.17) is 16.3 Å². The fourth-order valence-electron chi connectivity index (χ4n) is 4.12. The molecule has 4 N–H and O–H groups in total. The van der Waals surface area contributed by atoms with Gasteiger partial charge in [-0.15, -0.1) is 0 Å². The highest BCUT2D eigenvalue weighted by Gasteiger charge is 2.42. The van der Waals surface area contributed by atoms with E-state index < -0.39 is 23.2 Å². The second kappa shape index (κ2) is 8.39. The molecule has 4 rings (SSSR count). The van der Waals surface area contributed by atoms with Gasteiger partial charge in [-0.2, -0.15) is 0 Å². The SMILES string of the molecule is CNCCNCc1cc2cc3c(cc2n1C)OCCC1=C3NC(=O)C(C(=O)Cl)C1O. The molecule has 2 aliphatic heterocycles. The first-order valence-electron chi connectivity index (χ1n) is 9.94. The molecule has 2 aromatic rings. The van der Waals surface area contributed by atoms with Crippen LogP contribution < -0.4 is 20.7 Å². The van der Waals surface area contributed by atoms with Crippen molar-refractivity contribution >= 4 is 39.4 Å². The van der Waals surface area contributed by atoms with Gasteiger partial charge in [0.25, 0.3) is 0 Å². The number of amides is 1. The lowest BCUT2D eigenvalue weighted by Crippen LogP contribution is -2.46. The normalized spacial score (nSPS) is 21.0. The third kappa shape index (κ3) is 3.60. The van der Waals surface area contributed by atoms with Gasteiger partial charge in [0.15, 0.2) is 0 Å². The Morgan fingerprint density at radius 1 is 1.37 bits per heavy atom. The van der Waals surface area contributed by atoms with Gasteiger partial charge in [0, 0.05) is 55.8 Å². The Labute approximate surface area is 179 Å². The Kier molecular flexibility index (Phi) is 5.84. The maximum Gasteiger partial charge on any atom is 0.239 e. The van der Waals surface area contributed by atoms with E-state index in [1.165, 1.54) is 0 Å². The standard InChI is InChI=1S/C21H25ClN4O4/c1-23-4-5-24-10-12-7-11-8-14-16(9-15(11)26(12)2)30-6-3-13-18(14)25-21(29)17(19(13)27)20(22)28/h7-9,17,19,23-24,27H,3-6,10H2,1-2H3,(H,25,29). The summed E-state index contributed by atoms with van der Waals surface area (Å²) in [5, 5.41) is 20.1. The van der Waals surface area contributed by atoms with Crippen LogP contribution in [-0.2, 0) is 23.2 Å². The number of aliphatic hydroxyl groups is 1. The summed E-state index contributed by atoms with van der Waals surface area (Å²) in [6.45, 7) is 2.80. The van der Waals surface area contributed by atoms with Crippen molar-refractivity contribution in [2.24, 2.45) is 13.0 Å². The minimum absolute atomic E-state index is 0.330. The molecule has 160 valence electrons. The number of aryl methyl sites for hydroxylation is 1. The van der Waals surface area contributed by atoms with Crippen LogP contribution in [0.1, 0.15) is 17.7 Å². The topological polar surface area (TPSA) is 105 Å². The number of likely N-dealkylation sites (N-methyl/N-ethyl adjacent to an activating group) is 1. The molecule has 0 aliphatic carbocycles. The van der Waals surface area contributed by atoms with Crippen molar-refractivity contribution in [2.75, 3.05) is 26.7 Å². The maximum absolute atomic E-state index is 12.4. The van der Waals surface area contributed by atoms with E-state index in [9.17, 15) is 14.7 Å². The molecule has 8 nitrogen and oxygen atoms in total. The highest BCUT2D eigenvalue weighted by Crippen LogP contribution is 2.39. The number of halogens is 1. The van der Waals surface area contributed by atoms with Crippen molar-refractivity contribution in [3.8, 4) is 5.75 Å². The first-order valence-corrected chi connectivity index (χ1v) is 10.3. The van der Waals surface area contributed by atoms with Crippen LogP contribution in [0.2, 0.25) is 0 Å². The number of hydrogen-bond acceptors (Lipinski definition) is 6. The van der Waals surface area contributed by atoms with Crippen LogP contribution in [0, 0.1) is 5.92 Å². The summed E-state index contributed by atoms with van der Waals surface area (Å²) in [6, 6.07) is 6.01. The predicted octanol–water partition coefficient (Wildman–Crippen LogP) is 0.853. The zero-order valence-corrected chi connectivity index (χ0v) is 17.7. The van der Waals surface area contributed by atoms with Crippen molar-refractivity contribution in [3.05, 3.63) is 35.0 Å². The first kappa shape index (κ1) is 20.9. The molecule has 0 fully saturated rings. The van der Waals surface area contributed by atoms with Crippen molar-refractivity contribution in [1.29, 1.82) is 0 Å². The van der Waals surface area contributed by atoms with E-state index in [-0.39, 0.29) is 0 Å². The van der Waals surface area contributed by atoms with E-state index in [0.717, 1.165) is 36.2 Å². The van der Waals surface area contributed by atoms with Crippen LogP contribution in [0.25, 0.3) is 16.6 Å². The minimum Gasteiger partial charge on any atom is -0.492 e. The van der Waals surface area contributed by atoms with Crippen LogP contribution in [0.15, 0.2) is 23.8 Å². The molecule has 3 heterocycles. The van der Waals surface area contributed by atoms with Gasteiger partial charge >= 0.3 is 0 Å². The summed E-state index contributed by atoms with van der Waals surface area (Å²) in [5.74, 6) is -1.27. The lowest BCUT2D eigenvalue weighted by Gasteiger charge is -2.29. The van der Waals surface area contributed by atoms with Crippen LogP contribution in [0.3, 0.4) is 0 Å². The average Bonchev–Trinajstić information content (AvgIpc) is 2.89. The van der Waals surface area contributed by atoms with E-state index in [1.54, 1.807) is 0 Å². The fourth-order valence-corrected chi connectivity index (χ4v) is 4.34. The number of nitrogens with one attached hydrogen (secondary N) is 3. The fraction of sp³-hybridized carbons (Fsp3) is 0.429. The molecular weight excluding hydrogens is 408 g/mol. The Hall–Kier alpha value is -2.39. The van der Waals surface area contributed by atoms with Crippen LogP contribution in [0.5, 0.6) is 5.75 Å². The smallest absolute Gasteiger partial charge is 0.239 e. The number of hydrogen-bond donors (Lipinski definition) is 4. The average molecular weight is 433 g/mol. The van der Waals surface area contributed by atoms with Gasteiger partial charge in [-0.05, 0) is 36.4 Å². The molecule has 2 unspecified atom stereocenters. The molecule has 1 aromatic heterocycles. The Morgan fingerprint density at radius 3 is 2.90 bits per heavy atom. The van der Waals surface area contributed by atoms with Gasteiger partial charge in [-0.3, -0.25) is 9.59 Å². The molecule has 0 spiro atoms. The summed E-state index contributed by atoms with van der Waals surface area (Å²) in [6.07, 6.45) is -0.866. The maximum atomic E-state index is 12.4. The monoisotopic (exact) mass is 432 g/mol. The Balaban J connectivity index is 1.75. The predicted molar refractivity (Wildman–Crippen MR) is 114 cm³/mol. The quantitative estimate of drug-likeness (QED) is 0.306. The van der Waals surface area contributed by atoms with Gasteiger partial charge in [0.05, 0.1) is 23.9 Å². The highest BCUT2D eigenvalue weighted by atomic mass is 35.5. The van der Waals surface area contributed by atoms with Gasteiger partial charge < -0.3 is 30.4 Å². The zero-order valence-electron chi connectivity index (χ0n) is 16.9. The molecule has 1 aromatic carbocycles. The van der Waals surface area contributed by atoms with Gasteiger partial charge in [0.1, 0.15) is 11.7 Å². The molecule has 0 radical (unpaired) electrons. The number of rotatable bonds is 6. The highest BCUT2D eigenvalue weighted by molar-refractivity contribution is 6.65. The van der Waals surface area contributed by atoms with E-state index in [1.807, 2.05) is 26.2 Å². The largest absolute Gasteiger partial charge is 0.492 e. The molecule has 2 atom stereocenters. The number of benzene rings is 1. The van der Waals surface area contributed by atoms with E-state index in [2.05, 4.69) is 26.6 Å². The molecular formula is C21H25ClN4O4.